The molecule has 0 unspecified atom stereocenters. The van der Waals surface area contributed by atoms with E-state index >= 15 is 0 Å². The van der Waals surface area contributed by atoms with Gasteiger partial charge in [-0.25, -0.2) is 0 Å². The highest BCUT2D eigenvalue weighted by Gasteiger charge is 2.13. The molecule has 0 atom stereocenters. The van der Waals surface area contributed by atoms with Gasteiger partial charge in [0, 0.05) is 22.8 Å². The second kappa shape index (κ2) is 5.95. The van der Waals surface area contributed by atoms with E-state index in [1.165, 1.54) is 0 Å². The van der Waals surface area contributed by atoms with Crippen LogP contribution in [0.25, 0.3) is 33.3 Å². The number of rotatable bonds is 3. The Morgan fingerprint density at radius 2 is 1.74 bits per heavy atom. The van der Waals surface area contributed by atoms with Crippen molar-refractivity contribution in [3.8, 4) is 33.3 Å². The SMILES string of the molecule is Clc1ccccc1-c1nnc(-c2cncc(-c3cccs3)c2)o1. The zero-order chi connectivity index (χ0) is 15.6. The van der Waals surface area contributed by atoms with Crippen LogP contribution in [-0.4, -0.2) is 15.2 Å². The predicted molar refractivity (Wildman–Crippen MR) is 91.3 cm³/mol. The van der Waals surface area contributed by atoms with Crippen molar-refractivity contribution in [3.63, 3.8) is 0 Å². The Labute approximate surface area is 141 Å². The number of aromatic nitrogens is 3. The molecule has 0 bridgehead atoms. The van der Waals surface area contributed by atoms with E-state index in [0.29, 0.717) is 16.8 Å². The molecule has 0 saturated carbocycles. The molecular formula is C17H10ClN3OS. The fourth-order valence-corrected chi connectivity index (χ4v) is 3.14. The van der Waals surface area contributed by atoms with E-state index in [4.69, 9.17) is 16.0 Å². The van der Waals surface area contributed by atoms with Gasteiger partial charge in [0.1, 0.15) is 0 Å². The molecule has 0 saturated heterocycles. The maximum absolute atomic E-state index is 6.17. The van der Waals surface area contributed by atoms with E-state index in [2.05, 4.69) is 21.2 Å². The van der Waals surface area contributed by atoms with Gasteiger partial charge in [0.25, 0.3) is 0 Å². The fraction of sp³-hybridized carbons (Fsp3) is 0. The Morgan fingerprint density at radius 1 is 0.913 bits per heavy atom. The van der Waals surface area contributed by atoms with Gasteiger partial charge in [-0.1, -0.05) is 29.8 Å². The normalized spacial score (nSPS) is 10.8. The van der Waals surface area contributed by atoms with Crippen LogP contribution in [-0.2, 0) is 0 Å². The van der Waals surface area contributed by atoms with Crippen molar-refractivity contribution in [2.24, 2.45) is 0 Å². The summed E-state index contributed by atoms with van der Waals surface area (Å²) in [5.74, 6) is 0.818. The van der Waals surface area contributed by atoms with Gasteiger partial charge in [-0.3, -0.25) is 4.98 Å². The van der Waals surface area contributed by atoms with Gasteiger partial charge in [0.05, 0.1) is 16.1 Å². The lowest BCUT2D eigenvalue weighted by Crippen LogP contribution is -1.82. The average Bonchev–Trinajstić information content (AvgIpc) is 3.27. The van der Waals surface area contributed by atoms with E-state index in [1.54, 1.807) is 23.6 Å². The van der Waals surface area contributed by atoms with Crippen LogP contribution in [0.15, 0.2) is 64.7 Å². The average molecular weight is 340 g/mol. The number of benzene rings is 1. The Balaban J connectivity index is 1.73. The summed E-state index contributed by atoms with van der Waals surface area (Å²) in [6.45, 7) is 0. The third-order valence-corrected chi connectivity index (χ3v) is 4.57. The molecule has 3 aromatic heterocycles. The van der Waals surface area contributed by atoms with Gasteiger partial charge in [0.2, 0.25) is 11.8 Å². The van der Waals surface area contributed by atoms with Crippen molar-refractivity contribution in [1.29, 1.82) is 0 Å². The van der Waals surface area contributed by atoms with Crippen molar-refractivity contribution in [2.75, 3.05) is 0 Å². The van der Waals surface area contributed by atoms with Gasteiger partial charge in [-0.05, 0) is 29.6 Å². The van der Waals surface area contributed by atoms with Crippen LogP contribution in [0.2, 0.25) is 5.02 Å². The number of pyridine rings is 1. The highest BCUT2D eigenvalue weighted by atomic mass is 35.5. The van der Waals surface area contributed by atoms with Crippen LogP contribution in [0.3, 0.4) is 0 Å². The second-order valence-corrected chi connectivity index (χ2v) is 6.19. The van der Waals surface area contributed by atoms with Crippen molar-refractivity contribution in [2.45, 2.75) is 0 Å². The van der Waals surface area contributed by atoms with Crippen molar-refractivity contribution < 1.29 is 4.42 Å². The van der Waals surface area contributed by atoms with Gasteiger partial charge in [-0.15, -0.1) is 21.5 Å². The summed E-state index contributed by atoms with van der Waals surface area (Å²) in [5.41, 5.74) is 2.52. The van der Waals surface area contributed by atoms with Crippen LogP contribution in [0.5, 0.6) is 0 Å². The fourth-order valence-electron chi connectivity index (χ4n) is 2.22. The van der Waals surface area contributed by atoms with Crippen molar-refractivity contribution in [3.05, 3.63) is 65.3 Å². The highest BCUT2D eigenvalue weighted by molar-refractivity contribution is 7.13. The molecule has 0 aliphatic heterocycles. The Morgan fingerprint density at radius 3 is 2.57 bits per heavy atom. The molecule has 3 heterocycles. The monoisotopic (exact) mass is 339 g/mol. The summed E-state index contributed by atoms with van der Waals surface area (Å²) in [6, 6.07) is 13.4. The molecule has 0 amide bonds. The summed E-state index contributed by atoms with van der Waals surface area (Å²) in [5, 5.41) is 10.8. The van der Waals surface area contributed by atoms with Gasteiger partial charge >= 0.3 is 0 Å². The van der Waals surface area contributed by atoms with Crippen LogP contribution < -0.4 is 0 Å². The maximum atomic E-state index is 6.17. The number of hydrogen-bond acceptors (Lipinski definition) is 5. The molecule has 6 heteroatoms. The molecule has 0 N–H and O–H groups in total. The first-order chi connectivity index (χ1) is 11.3. The van der Waals surface area contributed by atoms with E-state index in [9.17, 15) is 0 Å². The molecule has 23 heavy (non-hydrogen) atoms. The lowest BCUT2D eigenvalue weighted by Gasteiger charge is -1.99. The lowest BCUT2D eigenvalue weighted by atomic mass is 10.2. The Kier molecular flexibility index (Phi) is 3.65. The summed E-state index contributed by atoms with van der Waals surface area (Å²) >= 11 is 7.83. The molecule has 0 aliphatic carbocycles. The summed E-state index contributed by atoms with van der Waals surface area (Å²) in [7, 11) is 0. The van der Waals surface area contributed by atoms with Crippen LogP contribution >= 0.6 is 22.9 Å². The minimum atomic E-state index is 0.395. The Bertz CT molecular complexity index is 950. The largest absolute Gasteiger partial charge is 0.416 e. The van der Waals surface area contributed by atoms with Gasteiger partial charge < -0.3 is 4.42 Å². The number of hydrogen-bond donors (Lipinski definition) is 0. The van der Waals surface area contributed by atoms with Crippen LogP contribution in [0.4, 0.5) is 0 Å². The molecule has 112 valence electrons. The zero-order valence-corrected chi connectivity index (χ0v) is 13.4. The van der Waals surface area contributed by atoms with E-state index in [1.807, 2.05) is 41.9 Å². The molecular weight excluding hydrogens is 330 g/mol. The topological polar surface area (TPSA) is 51.8 Å². The summed E-state index contributed by atoms with van der Waals surface area (Å²) < 4.78 is 5.77. The molecule has 4 aromatic rings. The third kappa shape index (κ3) is 2.76. The maximum Gasteiger partial charge on any atom is 0.249 e. The molecule has 4 rings (SSSR count). The van der Waals surface area contributed by atoms with Crippen LogP contribution in [0, 0.1) is 0 Å². The van der Waals surface area contributed by atoms with Gasteiger partial charge in [-0.2, -0.15) is 0 Å². The molecule has 1 aromatic carbocycles. The standard InChI is InChI=1S/C17H10ClN3OS/c18-14-5-2-1-4-13(14)17-21-20-16(22-17)12-8-11(9-19-10-12)15-6-3-7-23-15/h1-10H. The minimum absolute atomic E-state index is 0.395. The van der Waals surface area contributed by atoms with Crippen molar-refractivity contribution in [1.82, 2.24) is 15.2 Å². The second-order valence-electron chi connectivity index (χ2n) is 4.83. The smallest absolute Gasteiger partial charge is 0.249 e. The first kappa shape index (κ1) is 14.1. The quantitative estimate of drug-likeness (QED) is 0.516. The lowest BCUT2D eigenvalue weighted by molar-refractivity contribution is 0.584. The van der Waals surface area contributed by atoms with Gasteiger partial charge in [0.15, 0.2) is 0 Å². The molecule has 0 aliphatic rings. The minimum Gasteiger partial charge on any atom is -0.416 e. The van der Waals surface area contributed by atoms with Crippen LogP contribution in [0.1, 0.15) is 0 Å². The van der Waals surface area contributed by atoms with E-state index in [0.717, 1.165) is 21.6 Å². The predicted octanol–water partition coefficient (Wildman–Crippen LogP) is 5.18. The van der Waals surface area contributed by atoms with Crippen molar-refractivity contribution >= 4 is 22.9 Å². The highest BCUT2D eigenvalue weighted by Crippen LogP contribution is 2.31. The summed E-state index contributed by atoms with van der Waals surface area (Å²) in [6.07, 6.45) is 3.53. The number of thiophene rings is 1. The Hall–Kier alpha value is -2.50. The molecule has 0 fully saturated rings. The number of halogens is 1. The zero-order valence-electron chi connectivity index (χ0n) is 11.8. The molecule has 0 radical (unpaired) electrons. The number of nitrogens with zero attached hydrogens (tertiary/aromatic N) is 3. The molecule has 0 spiro atoms. The third-order valence-electron chi connectivity index (χ3n) is 3.32. The molecule has 4 nitrogen and oxygen atoms in total. The van der Waals surface area contributed by atoms with E-state index < -0.39 is 0 Å². The first-order valence-electron chi connectivity index (χ1n) is 6.89. The summed E-state index contributed by atoms with van der Waals surface area (Å²) in [4.78, 5) is 5.41. The first-order valence-corrected chi connectivity index (χ1v) is 8.15. The van der Waals surface area contributed by atoms with E-state index in [-0.39, 0.29) is 0 Å².